The monoisotopic (exact) mass is 309 g/mol. The van der Waals surface area contributed by atoms with Gasteiger partial charge in [-0.1, -0.05) is 0 Å². The van der Waals surface area contributed by atoms with Crippen LogP contribution in [-0.4, -0.2) is 15.1 Å². The Morgan fingerprint density at radius 2 is 2.25 bits per heavy atom. The summed E-state index contributed by atoms with van der Waals surface area (Å²) in [6.45, 7) is 0. The van der Waals surface area contributed by atoms with Gasteiger partial charge >= 0.3 is 0 Å². The Balaban J connectivity index is 2.50. The Bertz CT molecular complexity index is 399. The van der Waals surface area contributed by atoms with Gasteiger partial charge in [0.25, 0.3) is 5.89 Å². The summed E-state index contributed by atoms with van der Waals surface area (Å²) in [5.74, 6) is 0.412. The van der Waals surface area contributed by atoms with Crippen molar-refractivity contribution in [2.24, 2.45) is 0 Å². The second-order valence-electron chi connectivity index (χ2n) is 1.84. The van der Waals surface area contributed by atoms with Crippen molar-refractivity contribution in [1.82, 2.24) is 15.1 Å². The van der Waals surface area contributed by atoms with Crippen LogP contribution in [0, 0.1) is 0 Å². The summed E-state index contributed by atoms with van der Waals surface area (Å²) < 4.78 is 6.21. The topological polar surface area (TPSA) is 51.8 Å². The predicted octanol–water partition coefficient (Wildman–Crippen LogP) is 2.72. The Morgan fingerprint density at radius 3 is 2.75 bits per heavy atom. The minimum Gasteiger partial charge on any atom is -0.331 e. The van der Waals surface area contributed by atoms with E-state index in [0.29, 0.717) is 16.3 Å². The van der Waals surface area contributed by atoms with E-state index in [1.54, 1.807) is 5.51 Å². The summed E-state index contributed by atoms with van der Waals surface area (Å²) >= 11 is 7.88. The molecule has 0 radical (unpaired) electrons. The zero-order valence-corrected chi connectivity index (χ0v) is 9.48. The Morgan fingerprint density at radius 1 is 1.42 bits per heavy atom. The molecule has 0 saturated heterocycles. The SMILES string of the molecule is Brc1noc(-c2ncsc2Br)n1. The molecule has 0 atom stereocenters. The summed E-state index contributed by atoms with van der Waals surface area (Å²) in [7, 11) is 0. The molecule has 2 heterocycles. The maximum atomic E-state index is 4.90. The van der Waals surface area contributed by atoms with Gasteiger partial charge < -0.3 is 4.52 Å². The minimum atomic E-state index is 0.412. The molecule has 0 bridgehead atoms. The van der Waals surface area contributed by atoms with E-state index >= 15 is 0 Å². The van der Waals surface area contributed by atoms with Crippen molar-refractivity contribution in [2.75, 3.05) is 0 Å². The van der Waals surface area contributed by atoms with Crippen LogP contribution >= 0.6 is 43.2 Å². The number of nitrogens with zero attached hydrogens (tertiary/aromatic N) is 3. The van der Waals surface area contributed by atoms with E-state index in [9.17, 15) is 0 Å². The van der Waals surface area contributed by atoms with Gasteiger partial charge in [0.15, 0.2) is 5.69 Å². The summed E-state index contributed by atoms with van der Waals surface area (Å²) in [6.07, 6.45) is 0. The van der Waals surface area contributed by atoms with Gasteiger partial charge in [0, 0.05) is 0 Å². The number of rotatable bonds is 1. The standard InChI is InChI=1S/C5HBr2N3OS/c6-3-2(8-1-12-3)4-9-5(7)10-11-4/h1H. The molecule has 2 rings (SSSR count). The molecule has 0 amide bonds. The number of halogens is 2. The lowest BCUT2D eigenvalue weighted by atomic mass is 10.5. The third-order valence-electron chi connectivity index (χ3n) is 1.13. The maximum absolute atomic E-state index is 4.90. The molecule has 0 unspecified atom stereocenters. The van der Waals surface area contributed by atoms with Crippen LogP contribution in [0.2, 0.25) is 0 Å². The van der Waals surface area contributed by atoms with E-state index < -0.39 is 0 Å². The largest absolute Gasteiger partial charge is 0.331 e. The van der Waals surface area contributed by atoms with Crippen molar-refractivity contribution >= 4 is 43.2 Å². The van der Waals surface area contributed by atoms with Crippen LogP contribution in [0.5, 0.6) is 0 Å². The third kappa shape index (κ3) is 1.44. The van der Waals surface area contributed by atoms with Gasteiger partial charge in [0.05, 0.1) is 5.51 Å². The van der Waals surface area contributed by atoms with Crippen LogP contribution in [0.15, 0.2) is 18.6 Å². The van der Waals surface area contributed by atoms with Gasteiger partial charge in [0.2, 0.25) is 4.73 Å². The van der Waals surface area contributed by atoms with Crippen LogP contribution < -0.4 is 0 Å². The van der Waals surface area contributed by atoms with Crippen molar-refractivity contribution < 1.29 is 4.52 Å². The summed E-state index contributed by atoms with van der Waals surface area (Å²) in [4.78, 5) is 8.02. The van der Waals surface area contributed by atoms with Crippen molar-refractivity contribution in [2.45, 2.75) is 0 Å². The Hall–Kier alpha value is -0.270. The molecular weight excluding hydrogens is 310 g/mol. The van der Waals surface area contributed by atoms with Crippen molar-refractivity contribution in [3.05, 3.63) is 14.0 Å². The van der Waals surface area contributed by atoms with E-state index in [-0.39, 0.29) is 0 Å². The Kier molecular flexibility index (Phi) is 2.24. The van der Waals surface area contributed by atoms with E-state index in [1.165, 1.54) is 11.3 Å². The first kappa shape index (κ1) is 8.33. The van der Waals surface area contributed by atoms with Gasteiger partial charge in [-0.15, -0.1) is 11.3 Å². The normalized spacial score (nSPS) is 10.5. The second kappa shape index (κ2) is 3.23. The van der Waals surface area contributed by atoms with Gasteiger partial charge in [-0.2, -0.15) is 4.98 Å². The molecule has 0 N–H and O–H groups in total. The van der Waals surface area contributed by atoms with Crippen LogP contribution in [0.4, 0.5) is 0 Å². The molecule has 0 aliphatic carbocycles. The first-order valence-electron chi connectivity index (χ1n) is 2.86. The van der Waals surface area contributed by atoms with Gasteiger partial charge in [-0.05, 0) is 37.0 Å². The molecule has 2 aromatic rings. The predicted molar refractivity (Wildman–Crippen MR) is 50.8 cm³/mol. The van der Waals surface area contributed by atoms with Crippen molar-refractivity contribution in [3.8, 4) is 11.6 Å². The lowest BCUT2D eigenvalue weighted by molar-refractivity contribution is 0.425. The third-order valence-corrected chi connectivity index (χ3v) is 3.00. The molecule has 12 heavy (non-hydrogen) atoms. The van der Waals surface area contributed by atoms with Crippen molar-refractivity contribution in [1.29, 1.82) is 0 Å². The van der Waals surface area contributed by atoms with Crippen molar-refractivity contribution in [3.63, 3.8) is 0 Å². The quantitative estimate of drug-likeness (QED) is 0.812. The number of aromatic nitrogens is 3. The van der Waals surface area contributed by atoms with Gasteiger partial charge in [-0.3, -0.25) is 0 Å². The molecule has 0 fully saturated rings. The molecular formula is C5HBr2N3OS. The molecule has 0 aliphatic heterocycles. The fourth-order valence-electron chi connectivity index (χ4n) is 0.673. The van der Waals surface area contributed by atoms with Crippen LogP contribution in [0.25, 0.3) is 11.6 Å². The number of hydrogen-bond acceptors (Lipinski definition) is 5. The highest BCUT2D eigenvalue weighted by molar-refractivity contribution is 9.11. The smallest absolute Gasteiger partial charge is 0.279 e. The lowest BCUT2D eigenvalue weighted by Gasteiger charge is -1.84. The molecule has 4 nitrogen and oxygen atoms in total. The second-order valence-corrected chi connectivity index (χ2v) is 4.73. The average Bonchev–Trinajstić information content (AvgIpc) is 2.58. The van der Waals surface area contributed by atoms with E-state index in [1.807, 2.05) is 0 Å². The van der Waals surface area contributed by atoms with Crippen LogP contribution in [-0.2, 0) is 0 Å². The summed E-state index contributed by atoms with van der Waals surface area (Å²) in [6, 6.07) is 0. The number of thiazole rings is 1. The van der Waals surface area contributed by atoms with Gasteiger partial charge in [-0.25, -0.2) is 4.98 Å². The van der Waals surface area contributed by atoms with E-state index in [4.69, 9.17) is 4.52 Å². The molecule has 0 aliphatic rings. The highest BCUT2D eigenvalue weighted by Gasteiger charge is 2.12. The fraction of sp³-hybridized carbons (Fsp3) is 0. The minimum absolute atomic E-state index is 0.412. The molecule has 7 heteroatoms. The highest BCUT2D eigenvalue weighted by Crippen LogP contribution is 2.29. The molecule has 0 saturated carbocycles. The number of hydrogen-bond donors (Lipinski definition) is 0. The highest BCUT2D eigenvalue weighted by atomic mass is 79.9. The lowest BCUT2D eigenvalue weighted by Crippen LogP contribution is -1.76. The molecule has 0 spiro atoms. The molecule has 0 aromatic carbocycles. The Labute approximate surface area is 88.3 Å². The fourth-order valence-corrected chi connectivity index (χ4v) is 1.93. The zero-order valence-electron chi connectivity index (χ0n) is 5.49. The maximum Gasteiger partial charge on any atom is 0.279 e. The summed E-state index contributed by atoms with van der Waals surface area (Å²) in [5, 5.41) is 3.59. The average molecular weight is 311 g/mol. The van der Waals surface area contributed by atoms with Crippen LogP contribution in [0.3, 0.4) is 0 Å². The van der Waals surface area contributed by atoms with Gasteiger partial charge in [0.1, 0.15) is 3.79 Å². The van der Waals surface area contributed by atoms with Crippen LogP contribution in [0.1, 0.15) is 0 Å². The zero-order chi connectivity index (χ0) is 8.55. The molecule has 62 valence electrons. The summed E-state index contributed by atoms with van der Waals surface area (Å²) in [5.41, 5.74) is 2.38. The first-order chi connectivity index (χ1) is 5.77. The van der Waals surface area contributed by atoms with E-state index in [0.717, 1.165) is 3.79 Å². The van der Waals surface area contributed by atoms with E-state index in [2.05, 4.69) is 47.0 Å². The molecule has 2 aromatic heterocycles. The first-order valence-corrected chi connectivity index (χ1v) is 5.32.